The van der Waals surface area contributed by atoms with Gasteiger partial charge in [0.1, 0.15) is 18.2 Å². The zero-order chi connectivity index (χ0) is 30.2. The first-order valence-electron chi connectivity index (χ1n) is 16.9. The second-order valence-corrected chi connectivity index (χ2v) is 12.8. The van der Waals surface area contributed by atoms with Crippen molar-refractivity contribution in [2.75, 3.05) is 20.3 Å². The Morgan fingerprint density at radius 2 is 1.40 bits per heavy atom. The number of unbranched alkanes of at least 4 members (excludes halogenated alkanes) is 10. The summed E-state index contributed by atoms with van der Waals surface area (Å²) in [5.74, 6) is 2.20. The third kappa shape index (κ3) is 10.9. The van der Waals surface area contributed by atoms with E-state index in [2.05, 4.69) is 50.9 Å². The number of nitrogens with zero attached hydrogens (tertiary/aromatic N) is 1. The molecule has 1 heterocycles. The molecule has 0 radical (unpaired) electrons. The van der Waals surface area contributed by atoms with Crippen LogP contribution in [0.2, 0.25) is 5.02 Å². The van der Waals surface area contributed by atoms with Gasteiger partial charge in [0.05, 0.1) is 5.92 Å². The molecular formula is C37H56ClNO3. The van der Waals surface area contributed by atoms with Crippen molar-refractivity contribution in [1.82, 2.24) is 4.90 Å². The molecule has 2 atom stereocenters. The van der Waals surface area contributed by atoms with Gasteiger partial charge < -0.3 is 9.47 Å². The molecule has 0 amide bonds. The number of fused-ring (bicyclic) bond motifs is 2. The molecular weight excluding hydrogens is 542 g/mol. The molecule has 1 aliphatic rings. The lowest BCUT2D eigenvalue weighted by Crippen LogP contribution is -2.32. The van der Waals surface area contributed by atoms with Crippen molar-refractivity contribution in [2.45, 2.75) is 129 Å². The van der Waals surface area contributed by atoms with Crippen LogP contribution >= 0.6 is 11.6 Å². The van der Waals surface area contributed by atoms with Crippen molar-refractivity contribution in [3.8, 4) is 11.5 Å². The number of halogens is 1. The SMILES string of the molecule is CCCCCCCCC(CCCCCCCC)C(=O)OCN(C)CC1c2ccccc2Oc2ccc(Cl)cc2C1CC. The number of carbonyl (C=O) groups is 1. The Balaban J connectivity index is 1.61. The number of ether oxygens (including phenoxy) is 2. The first-order valence-corrected chi connectivity index (χ1v) is 17.3. The number of para-hydroxylation sites is 1. The molecule has 0 fully saturated rings. The van der Waals surface area contributed by atoms with E-state index >= 15 is 0 Å². The number of hydrogen-bond acceptors (Lipinski definition) is 4. The van der Waals surface area contributed by atoms with Crippen LogP contribution in [0.5, 0.6) is 11.5 Å². The van der Waals surface area contributed by atoms with Gasteiger partial charge in [-0.05, 0) is 67.6 Å². The van der Waals surface area contributed by atoms with Crippen molar-refractivity contribution in [2.24, 2.45) is 5.92 Å². The van der Waals surface area contributed by atoms with Crippen molar-refractivity contribution in [3.63, 3.8) is 0 Å². The zero-order valence-electron chi connectivity index (χ0n) is 26.8. The van der Waals surface area contributed by atoms with Gasteiger partial charge >= 0.3 is 5.97 Å². The summed E-state index contributed by atoms with van der Waals surface area (Å²) in [5.41, 5.74) is 2.34. The summed E-state index contributed by atoms with van der Waals surface area (Å²) in [6.07, 6.45) is 17.8. The highest BCUT2D eigenvalue weighted by Crippen LogP contribution is 2.48. The van der Waals surface area contributed by atoms with Gasteiger partial charge in [0, 0.05) is 17.5 Å². The molecule has 2 unspecified atom stereocenters. The Labute approximate surface area is 261 Å². The third-order valence-electron chi connectivity index (χ3n) is 8.92. The standard InChI is InChI=1S/C37H56ClNO3/c1-5-8-10-12-14-16-20-29(21-17-15-13-11-9-6-2)37(40)41-28-39(4)27-34-31(7-3)33-26-30(38)24-25-36(33)42-35-23-19-18-22-32(34)35/h18-19,22-26,29,31,34H,5-17,20-21,27-28H2,1-4H3. The number of hydrogen-bond donors (Lipinski definition) is 0. The van der Waals surface area contributed by atoms with Crippen LogP contribution in [-0.2, 0) is 9.53 Å². The topological polar surface area (TPSA) is 38.8 Å². The maximum atomic E-state index is 13.4. The lowest BCUT2D eigenvalue weighted by atomic mass is 9.79. The third-order valence-corrected chi connectivity index (χ3v) is 9.15. The second kappa shape index (κ2) is 19.3. The first-order chi connectivity index (χ1) is 20.5. The number of likely N-dealkylation sites (N-methyl/N-ethyl adjacent to an activating group) is 1. The van der Waals surface area contributed by atoms with Crippen LogP contribution in [0.25, 0.3) is 0 Å². The van der Waals surface area contributed by atoms with E-state index in [0.29, 0.717) is 6.73 Å². The quantitative estimate of drug-likeness (QED) is 0.0864. The zero-order valence-corrected chi connectivity index (χ0v) is 27.6. The van der Waals surface area contributed by atoms with Gasteiger partial charge in [0.2, 0.25) is 0 Å². The van der Waals surface area contributed by atoms with Gasteiger partial charge in [0.25, 0.3) is 0 Å². The van der Waals surface area contributed by atoms with E-state index in [9.17, 15) is 4.79 Å². The van der Waals surface area contributed by atoms with Crippen molar-refractivity contribution >= 4 is 17.6 Å². The molecule has 1 aliphatic heterocycles. The summed E-state index contributed by atoms with van der Waals surface area (Å²) >= 11 is 6.44. The molecule has 3 rings (SSSR count). The number of esters is 1. The van der Waals surface area contributed by atoms with E-state index in [4.69, 9.17) is 21.1 Å². The Kier molecular flexibility index (Phi) is 15.8. The minimum absolute atomic E-state index is 0.0140. The van der Waals surface area contributed by atoms with Gasteiger partial charge in [-0.3, -0.25) is 9.69 Å². The van der Waals surface area contributed by atoms with Crippen molar-refractivity contribution < 1.29 is 14.3 Å². The minimum atomic E-state index is -0.0160. The fourth-order valence-electron chi connectivity index (χ4n) is 6.47. The Morgan fingerprint density at radius 3 is 2.05 bits per heavy atom. The molecule has 42 heavy (non-hydrogen) atoms. The number of rotatable bonds is 20. The molecule has 0 saturated heterocycles. The minimum Gasteiger partial charge on any atom is -0.457 e. The lowest BCUT2D eigenvalue weighted by molar-refractivity contribution is -0.153. The molecule has 2 aromatic rings. The molecule has 0 bridgehead atoms. The largest absolute Gasteiger partial charge is 0.457 e. The summed E-state index contributed by atoms with van der Waals surface area (Å²) in [5, 5.41) is 0.726. The molecule has 0 spiro atoms. The van der Waals surface area contributed by atoms with E-state index in [1.54, 1.807) is 0 Å². The molecule has 5 heteroatoms. The summed E-state index contributed by atoms with van der Waals surface area (Å²) in [7, 11) is 2.06. The number of carbonyl (C=O) groups excluding carboxylic acids is 1. The average molecular weight is 598 g/mol. The molecule has 4 nitrogen and oxygen atoms in total. The second-order valence-electron chi connectivity index (χ2n) is 12.4. The van der Waals surface area contributed by atoms with E-state index in [1.165, 1.54) is 69.8 Å². The first kappa shape index (κ1) is 34.5. The van der Waals surface area contributed by atoms with Crippen LogP contribution < -0.4 is 4.74 Å². The van der Waals surface area contributed by atoms with Gasteiger partial charge in [-0.25, -0.2) is 0 Å². The predicted molar refractivity (Wildman–Crippen MR) is 177 cm³/mol. The van der Waals surface area contributed by atoms with Gasteiger partial charge in [-0.2, -0.15) is 0 Å². The smallest absolute Gasteiger partial charge is 0.310 e. The predicted octanol–water partition coefficient (Wildman–Crippen LogP) is 11.3. The molecule has 0 aliphatic carbocycles. The highest BCUT2D eigenvalue weighted by molar-refractivity contribution is 6.30. The van der Waals surface area contributed by atoms with E-state index in [0.717, 1.165) is 60.7 Å². The van der Waals surface area contributed by atoms with Crippen LogP contribution in [0.15, 0.2) is 42.5 Å². The molecule has 0 N–H and O–H groups in total. The van der Waals surface area contributed by atoms with E-state index < -0.39 is 0 Å². The summed E-state index contributed by atoms with van der Waals surface area (Å²) in [6.45, 7) is 7.80. The molecule has 234 valence electrons. The van der Waals surface area contributed by atoms with Gasteiger partial charge in [0.15, 0.2) is 0 Å². The molecule has 0 aromatic heterocycles. The Bertz CT molecular complexity index is 1040. The van der Waals surface area contributed by atoms with Crippen molar-refractivity contribution in [1.29, 1.82) is 0 Å². The van der Waals surface area contributed by atoms with Crippen LogP contribution in [0.3, 0.4) is 0 Å². The summed E-state index contributed by atoms with van der Waals surface area (Å²) in [6, 6.07) is 14.3. The highest BCUT2D eigenvalue weighted by atomic mass is 35.5. The van der Waals surface area contributed by atoms with Gasteiger partial charge in [-0.15, -0.1) is 0 Å². The molecule has 2 aromatic carbocycles. The van der Waals surface area contributed by atoms with Crippen LogP contribution in [0.1, 0.15) is 140 Å². The van der Waals surface area contributed by atoms with Crippen LogP contribution in [0.4, 0.5) is 0 Å². The van der Waals surface area contributed by atoms with Crippen molar-refractivity contribution in [3.05, 3.63) is 58.6 Å². The lowest BCUT2D eigenvalue weighted by Gasteiger charge is -2.30. The van der Waals surface area contributed by atoms with Crippen LogP contribution in [0, 0.1) is 5.92 Å². The monoisotopic (exact) mass is 597 g/mol. The molecule has 0 saturated carbocycles. The van der Waals surface area contributed by atoms with E-state index in [1.807, 2.05) is 24.3 Å². The maximum Gasteiger partial charge on any atom is 0.310 e. The highest BCUT2D eigenvalue weighted by Gasteiger charge is 2.33. The average Bonchev–Trinajstić information content (AvgIpc) is 3.12. The summed E-state index contributed by atoms with van der Waals surface area (Å²) in [4.78, 5) is 15.5. The fourth-order valence-corrected chi connectivity index (χ4v) is 6.65. The Hall–Kier alpha value is -2.04. The summed E-state index contributed by atoms with van der Waals surface area (Å²) < 4.78 is 12.4. The number of benzene rings is 2. The van der Waals surface area contributed by atoms with E-state index in [-0.39, 0.29) is 23.7 Å². The van der Waals surface area contributed by atoms with Gasteiger partial charge in [-0.1, -0.05) is 128 Å². The normalized spacial score (nSPS) is 16.2. The van der Waals surface area contributed by atoms with Crippen LogP contribution in [-0.4, -0.2) is 31.2 Å². The maximum absolute atomic E-state index is 13.4. The Morgan fingerprint density at radius 1 is 0.810 bits per heavy atom. The fraction of sp³-hybridized carbons (Fsp3) is 0.649.